The van der Waals surface area contributed by atoms with E-state index >= 15 is 0 Å². The van der Waals surface area contributed by atoms with Crippen molar-refractivity contribution in [2.75, 3.05) is 7.11 Å². The molecule has 0 aliphatic carbocycles. The molecule has 0 N–H and O–H groups in total. The minimum atomic E-state index is 0.0392. The molecular formula is C15H13Br2ClO. The van der Waals surface area contributed by atoms with Gasteiger partial charge in [0.2, 0.25) is 0 Å². The van der Waals surface area contributed by atoms with Crippen LogP contribution in [-0.4, -0.2) is 7.11 Å². The van der Waals surface area contributed by atoms with Gasteiger partial charge in [-0.1, -0.05) is 61.2 Å². The van der Waals surface area contributed by atoms with E-state index < -0.39 is 0 Å². The van der Waals surface area contributed by atoms with Crippen molar-refractivity contribution in [3.63, 3.8) is 0 Å². The molecule has 0 radical (unpaired) electrons. The molecule has 1 unspecified atom stereocenters. The minimum absolute atomic E-state index is 0.0392. The van der Waals surface area contributed by atoms with Gasteiger partial charge in [0.05, 0.1) is 11.9 Å². The Hall–Kier alpha value is -0.510. The summed E-state index contributed by atoms with van der Waals surface area (Å²) in [6, 6.07) is 12.0. The lowest BCUT2D eigenvalue weighted by Crippen LogP contribution is -1.98. The summed E-state index contributed by atoms with van der Waals surface area (Å²) < 4.78 is 6.39. The average molecular weight is 405 g/mol. The van der Waals surface area contributed by atoms with Gasteiger partial charge < -0.3 is 4.74 Å². The minimum Gasteiger partial charge on any atom is -0.496 e. The van der Waals surface area contributed by atoms with E-state index in [1.165, 1.54) is 5.56 Å². The molecule has 0 bridgehead atoms. The van der Waals surface area contributed by atoms with E-state index in [2.05, 4.69) is 44.8 Å². The second kappa shape index (κ2) is 6.29. The van der Waals surface area contributed by atoms with E-state index in [0.717, 1.165) is 21.3 Å². The molecule has 0 aliphatic rings. The molecule has 0 aliphatic heterocycles. The number of aryl methyl sites for hydroxylation is 1. The maximum atomic E-state index is 6.10. The van der Waals surface area contributed by atoms with E-state index in [9.17, 15) is 0 Å². The Morgan fingerprint density at radius 2 is 1.89 bits per heavy atom. The lowest BCUT2D eigenvalue weighted by molar-refractivity contribution is 0.410. The van der Waals surface area contributed by atoms with Gasteiger partial charge in [-0.3, -0.25) is 0 Å². The zero-order valence-electron chi connectivity index (χ0n) is 10.6. The summed E-state index contributed by atoms with van der Waals surface area (Å²) in [5.74, 6) is 0.864. The fourth-order valence-corrected chi connectivity index (χ4v) is 3.46. The molecule has 1 nitrogen and oxygen atoms in total. The van der Waals surface area contributed by atoms with Crippen LogP contribution in [0.25, 0.3) is 0 Å². The van der Waals surface area contributed by atoms with Gasteiger partial charge in [-0.25, -0.2) is 0 Å². The highest BCUT2D eigenvalue weighted by atomic mass is 79.9. The summed E-state index contributed by atoms with van der Waals surface area (Å²) in [4.78, 5) is 0.0392. The van der Waals surface area contributed by atoms with Crippen LogP contribution >= 0.6 is 43.5 Å². The molecule has 100 valence electrons. The molecule has 0 aromatic heterocycles. The van der Waals surface area contributed by atoms with E-state index in [-0.39, 0.29) is 4.83 Å². The van der Waals surface area contributed by atoms with E-state index in [0.29, 0.717) is 5.02 Å². The van der Waals surface area contributed by atoms with Gasteiger partial charge in [0.25, 0.3) is 0 Å². The number of methoxy groups -OCH3 is 1. The summed E-state index contributed by atoms with van der Waals surface area (Å²) >= 11 is 13.3. The second-order valence-corrected chi connectivity index (χ2v) is 6.58. The number of hydrogen-bond acceptors (Lipinski definition) is 1. The summed E-state index contributed by atoms with van der Waals surface area (Å²) in [7, 11) is 1.68. The zero-order valence-corrected chi connectivity index (χ0v) is 14.5. The molecule has 19 heavy (non-hydrogen) atoms. The fraction of sp³-hybridized carbons (Fsp3) is 0.200. The van der Waals surface area contributed by atoms with E-state index in [4.69, 9.17) is 16.3 Å². The third kappa shape index (κ3) is 3.53. The summed E-state index contributed by atoms with van der Waals surface area (Å²) in [6.45, 7) is 2.07. The van der Waals surface area contributed by atoms with Gasteiger partial charge >= 0.3 is 0 Å². The lowest BCUT2D eigenvalue weighted by atomic mass is 10.0. The second-order valence-electron chi connectivity index (χ2n) is 4.31. The predicted octanol–water partition coefficient (Wildman–Crippen LogP) is 5.90. The van der Waals surface area contributed by atoms with Crippen molar-refractivity contribution in [3.05, 3.63) is 62.6 Å². The quantitative estimate of drug-likeness (QED) is 0.579. The van der Waals surface area contributed by atoms with Crippen LogP contribution in [0.2, 0.25) is 5.02 Å². The zero-order chi connectivity index (χ0) is 14.0. The summed E-state index contributed by atoms with van der Waals surface area (Å²) in [5, 5.41) is 0.709. The van der Waals surface area contributed by atoms with Crippen LogP contribution in [0.15, 0.2) is 40.9 Å². The smallest absolute Gasteiger partial charge is 0.123 e. The van der Waals surface area contributed by atoms with Crippen LogP contribution in [-0.2, 0) is 0 Å². The number of ether oxygens (including phenoxy) is 1. The van der Waals surface area contributed by atoms with Crippen LogP contribution in [0.4, 0.5) is 0 Å². The molecule has 4 heteroatoms. The monoisotopic (exact) mass is 402 g/mol. The largest absolute Gasteiger partial charge is 0.496 e. The molecule has 2 aromatic rings. The highest BCUT2D eigenvalue weighted by molar-refractivity contribution is 9.10. The van der Waals surface area contributed by atoms with Crippen molar-refractivity contribution in [2.45, 2.75) is 11.8 Å². The first-order valence-corrected chi connectivity index (χ1v) is 7.84. The van der Waals surface area contributed by atoms with Crippen LogP contribution in [0.3, 0.4) is 0 Å². The first-order valence-electron chi connectivity index (χ1n) is 5.76. The third-order valence-electron chi connectivity index (χ3n) is 2.84. The Balaban J connectivity index is 2.48. The molecular weight excluding hydrogens is 391 g/mol. The van der Waals surface area contributed by atoms with E-state index in [1.807, 2.05) is 30.3 Å². The Bertz CT molecular complexity index is 578. The van der Waals surface area contributed by atoms with E-state index in [1.54, 1.807) is 7.11 Å². The van der Waals surface area contributed by atoms with Gasteiger partial charge in [-0.15, -0.1) is 0 Å². The Morgan fingerprint density at radius 1 is 1.16 bits per heavy atom. The molecule has 0 saturated carbocycles. The summed E-state index contributed by atoms with van der Waals surface area (Å²) in [6.07, 6.45) is 0. The highest BCUT2D eigenvalue weighted by Gasteiger charge is 2.16. The Morgan fingerprint density at radius 3 is 2.53 bits per heavy atom. The first kappa shape index (κ1) is 14.9. The SMILES string of the molecule is COc1ccc(C)cc1C(Br)c1cc(Cl)cc(Br)c1. The van der Waals surface area contributed by atoms with Crippen molar-refractivity contribution < 1.29 is 4.74 Å². The van der Waals surface area contributed by atoms with Gasteiger partial charge in [-0.2, -0.15) is 0 Å². The highest BCUT2D eigenvalue weighted by Crippen LogP contribution is 2.38. The van der Waals surface area contributed by atoms with Crippen molar-refractivity contribution in [2.24, 2.45) is 0 Å². The molecule has 0 heterocycles. The van der Waals surface area contributed by atoms with Gasteiger partial charge in [0, 0.05) is 15.1 Å². The lowest BCUT2D eigenvalue weighted by Gasteiger charge is -2.16. The first-order chi connectivity index (χ1) is 9.01. The predicted molar refractivity (Wildman–Crippen MR) is 87.7 cm³/mol. The topological polar surface area (TPSA) is 9.23 Å². The average Bonchev–Trinajstić information content (AvgIpc) is 2.36. The Kier molecular flexibility index (Phi) is 4.93. The molecule has 1 atom stereocenters. The van der Waals surface area contributed by atoms with Gasteiger partial charge in [-0.05, 0) is 36.8 Å². The standard InChI is InChI=1S/C15H13Br2ClO/c1-9-3-4-14(19-2)13(5-9)15(17)10-6-11(16)8-12(18)7-10/h3-8,15H,1-2H3. The normalized spacial score (nSPS) is 12.3. The molecule has 0 spiro atoms. The maximum Gasteiger partial charge on any atom is 0.123 e. The number of halogens is 3. The maximum absolute atomic E-state index is 6.10. The molecule has 0 saturated heterocycles. The van der Waals surface area contributed by atoms with Crippen LogP contribution in [0, 0.1) is 6.92 Å². The number of alkyl halides is 1. The van der Waals surface area contributed by atoms with Gasteiger partial charge in [0.1, 0.15) is 5.75 Å². The molecule has 2 aromatic carbocycles. The van der Waals surface area contributed by atoms with Crippen molar-refractivity contribution in [1.82, 2.24) is 0 Å². The molecule has 0 amide bonds. The van der Waals surface area contributed by atoms with Crippen LogP contribution in [0.5, 0.6) is 5.75 Å². The molecule has 0 fully saturated rings. The van der Waals surface area contributed by atoms with Crippen LogP contribution in [0.1, 0.15) is 21.5 Å². The molecule has 2 rings (SSSR count). The third-order valence-corrected chi connectivity index (χ3v) is 4.53. The number of rotatable bonds is 3. The fourth-order valence-electron chi connectivity index (χ4n) is 1.95. The number of benzene rings is 2. The van der Waals surface area contributed by atoms with Crippen LogP contribution < -0.4 is 4.74 Å². The Labute approximate surface area is 135 Å². The number of hydrogen-bond donors (Lipinski definition) is 0. The van der Waals surface area contributed by atoms with Crippen molar-refractivity contribution >= 4 is 43.5 Å². The van der Waals surface area contributed by atoms with Gasteiger partial charge in [0.15, 0.2) is 0 Å². The summed E-state index contributed by atoms with van der Waals surface area (Å²) in [5.41, 5.74) is 3.38. The van der Waals surface area contributed by atoms with Crippen molar-refractivity contribution in [3.8, 4) is 5.75 Å². The van der Waals surface area contributed by atoms with Crippen molar-refractivity contribution in [1.29, 1.82) is 0 Å².